The highest BCUT2D eigenvalue weighted by Gasteiger charge is 2.20. The van der Waals surface area contributed by atoms with Gasteiger partial charge in [0.2, 0.25) is 0 Å². The summed E-state index contributed by atoms with van der Waals surface area (Å²) in [5.41, 5.74) is 5.48. The average Bonchev–Trinajstić information content (AvgIpc) is 3.15. The molecule has 0 amide bonds. The lowest BCUT2D eigenvalue weighted by atomic mass is 10.1. The first-order valence-corrected chi connectivity index (χ1v) is 10.7. The van der Waals surface area contributed by atoms with E-state index in [2.05, 4.69) is 35.4 Å². The summed E-state index contributed by atoms with van der Waals surface area (Å²) in [5.74, 6) is 0.510. The van der Waals surface area contributed by atoms with E-state index in [1.165, 1.54) is 5.56 Å². The van der Waals surface area contributed by atoms with E-state index in [0.717, 1.165) is 28.5 Å². The van der Waals surface area contributed by atoms with E-state index in [4.69, 9.17) is 9.72 Å². The summed E-state index contributed by atoms with van der Waals surface area (Å²) < 4.78 is 7.72. The Morgan fingerprint density at radius 1 is 0.844 bits per heavy atom. The number of hydrogen-bond acceptors (Lipinski definition) is 3. The van der Waals surface area contributed by atoms with E-state index >= 15 is 0 Å². The quantitative estimate of drug-likeness (QED) is 0.271. The molecule has 4 aromatic rings. The van der Waals surface area contributed by atoms with E-state index in [-0.39, 0.29) is 6.61 Å². The molecule has 4 heteroatoms. The Kier molecular flexibility index (Phi) is 6.61. The molecule has 0 saturated heterocycles. The third kappa shape index (κ3) is 5.03. The van der Waals surface area contributed by atoms with Gasteiger partial charge in [-0.1, -0.05) is 85.4 Å². The van der Waals surface area contributed by atoms with Crippen LogP contribution in [0.15, 0.2) is 103 Å². The van der Waals surface area contributed by atoms with Gasteiger partial charge in [-0.2, -0.15) is 0 Å². The number of carbonyl (C=O) groups is 1. The molecular formula is C28H26N2O2. The van der Waals surface area contributed by atoms with Crippen molar-refractivity contribution in [2.75, 3.05) is 0 Å². The van der Waals surface area contributed by atoms with Gasteiger partial charge in [0.1, 0.15) is 12.4 Å². The zero-order chi connectivity index (χ0) is 22.3. The van der Waals surface area contributed by atoms with Crippen molar-refractivity contribution in [2.45, 2.75) is 26.4 Å². The van der Waals surface area contributed by atoms with Crippen molar-refractivity contribution in [3.05, 3.63) is 131 Å². The zero-order valence-electron chi connectivity index (χ0n) is 18.2. The molecule has 0 spiro atoms. The maximum absolute atomic E-state index is 12.2. The second-order valence-corrected chi connectivity index (χ2v) is 7.77. The number of rotatable bonds is 8. The number of esters is 1. The van der Waals surface area contributed by atoms with Gasteiger partial charge < -0.3 is 4.74 Å². The van der Waals surface area contributed by atoms with Gasteiger partial charge in [-0.25, -0.2) is 9.78 Å². The van der Waals surface area contributed by atoms with Crippen LogP contribution < -0.4 is 0 Å². The van der Waals surface area contributed by atoms with Gasteiger partial charge in [0, 0.05) is 24.1 Å². The smallest absolute Gasteiger partial charge is 0.333 e. The molecule has 32 heavy (non-hydrogen) atoms. The van der Waals surface area contributed by atoms with Crippen LogP contribution in [0.5, 0.6) is 0 Å². The fraction of sp³-hybridized carbons (Fsp3) is 0.143. The summed E-state index contributed by atoms with van der Waals surface area (Å²) in [5, 5.41) is 0. The SMILES string of the molecule is C=C(C)C(=O)OCc1c(Cc2ccccc2)nc(Cc2ccccc2)n1-c1ccccc1. The van der Waals surface area contributed by atoms with Crippen molar-refractivity contribution in [3.8, 4) is 5.69 Å². The standard InChI is InChI=1S/C28H26N2O2/c1-21(2)28(31)32-20-26-25(18-22-12-6-3-7-13-22)29-27(19-23-14-8-4-9-15-23)30(26)24-16-10-5-11-17-24/h3-17H,1,18-20H2,2H3. The van der Waals surface area contributed by atoms with E-state index in [1.54, 1.807) is 6.92 Å². The van der Waals surface area contributed by atoms with Gasteiger partial charge in [-0.05, 0) is 30.2 Å². The third-order valence-corrected chi connectivity index (χ3v) is 5.25. The molecule has 4 rings (SSSR count). The summed E-state index contributed by atoms with van der Waals surface area (Å²) in [4.78, 5) is 17.2. The number of ether oxygens (including phenoxy) is 1. The van der Waals surface area contributed by atoms with Crippen LogP contribution in [-0.4, -0.2) is 15.5 Å². The Morgan fingerprint density at radius 2 is 1.38 bits per heavy atom. The van der Waals surface area contributed by atoms with Crippen molar-refractivity contribution in [1.29, 1.82) is 0 Å². The normalized spacial score (nSPS) is 10.7. The second-order valence-electron chi connectivity index (χ2n) is 7.77. The van der Waals surface area contributed by atoms with Crippen LogP contribution in [0.1, 0.15) is 35.3 Å². The number of nitrogens with zero attached hydrogens (tertiary/aromatic N) is 2. The van der Waals surface area contributed by atoms with Crippen LogP contribution in [0.4, 0.5) is 0 Å². The Balaban J connectivity index is 1.81. The minimum atomic E-state index is -0.402. The molecule has 0 fully saturated rings. The molecule has 0 radical (unpaired) electrons. The van der Waals surface area contributed by atoms with Gasteiger partial charge in [0.15, 0.2) is 0 Å². The second kappa shape index (κ2) is 9.92. The molecule has 0 saturated carbocycles. The summed E-state index contributed by atoms with van der Waals surface area (Å²) in [6.07, 6.45) is 1.33. The molecular weight excluding hydrogens is 396 g/mol. The molecule has 0 aliphatic heterocycles. The highest BCUT2D eigenvalue weighted by Crippen LogP contribution is 2.24. The van der Waals surface area contributed by atoms with Gasteiger partial charge in [-0.3, -0.25) is 4.57 Å². The molecule has 3 aromatic carbocycles. The Labute approximate surface area is 188 Å². The van der Waals surface area contributed by atoms with E-state index < -0.39 is 5.97 Å². The Hall–Kier alpha value is -3.92. The molecule has 0 bridgehead atoms. The van der Waals surface area contributed by atoms with Crippen molar-refractivity contribution in [3.63, 3.8) is 0 Å². The highest BCUT2D eigenvalue weighted by molar-refractivity contribution is 5.86. The lowest BCUT2D eigenvalue weighted by Gasteiger charge is -2.14. The molecule has 160 valence electrons. The number of para-hydroxylation sites is 1. The van der Waals surface area contributed by atoms with Crippen molar-refractivity contribution < 1.29 is 9.53 Å². The molecule has 1 heterocycles. The molecule has 0 aliphatic carbocycles. The lowest BCUT2D eigenvalue weighted by Crippen LogP contribution is -2.11. The maximum Gasteiger partial charge on any atom is 0.333 e. The molecule has 4 nitrogen and oxygen atoms in total. The van der Waals surface area contributed by atoms with Crippen LogP contribution in [0, 0.1) is 0 Å². The first-order chi connectivity index (χ1) is 15.6. The topological polar surface area (TPSA) is 44.1 Å². The fourth-order valence-corrected chi connectivity index (χ4v) is 3.67. The predicted octanol–water partition coefficient (Wildman–Crippen LogP) is 5.67. The minimum Gasteiger partial charge on any atom is -0.456 e. The first-order valence-electron chi connectivity index (χ1n) is 10.7. The van der Waals surface area contributed by atoms with E-state index in [9.17, 15) is 4.79 Å². The van der Waals surface area contributed by atoms with Crippen LogP contribution in [-0.2, 0) is 29.0 Å². The van der Waals surface area contributed by atoms with E-state index in [1.807, 2.05) is 66.7 Å². The Bertz CT molecular complexity index is 1200. The van der Waals surface area contributed by atoms with Gasteiger partial charge in [-0.15, -0.1) is 0 Å². The number of benzene rings is 3. The number of aromatic nitrogens is 2. The van der Waals surface area contributed by atoms with Crippen molar-refractivity contribution in [2.24, 2.45) is 0 Å². The van der Waals surface area contributed by atoms with Crippen LogP contribution >= 0.6 is 0 Å². The van der Waals surface area contributed by atoms with Gasteiger partial charge >= 0.3 is 5.97 Å². The molecule has 0 atom stereocenters. The lowest BCUT2D eigenvalue weighted by molar-refractivity contribution is -0.140. The maximum atomic E-state index is 12.2. The molecule has 0 N–H and O–H groups in total. The summed E-state index contributed by atoms with van der Waals surface area (Å²) >= 11 is 0. The van der Waals surface area contributed by atoms with Crippen LogP contribution in [0.3, 0.4) is 0 Å². The largest absolute Gasteiger partial charge is 0.456 e. The summed E-state index contributed by atoms with van der Waals surface area (Å²) in [6, 6.07) is 30.6. The van der Waals surface area contributed by atoms with Crippen molar-refractivity contribution >= 4 is 5.97 Å². The molecule has 0 unspecified atom stereocenters. The van der Waals surface area contributed by atoms with E-state index in [0.29, 0.717) is 18.4 Å². The highest BCUT2D eigenvalue weighted by atomic mass is 16.5. The average molecular weight is 423 g/mol. The number of hydrogen-bond donors (Lipinski definition) is 0. The fourth-order valence-electron chi connectivity index (χ4n) is 3.67. The predicted molar refractivity (Wildman–Crippen MR) is 127 cm³/mol. The first kappa shape index (κ1) is 21.3. The number of carbonyl (C=O) groups excluding carboxylic acids is 1. The summed E-state index contributed by atoms with van der Waals surface area (Å²) in [7, 11) is 0. The number of imidazole rings is 1. The zero-order valence-corrected chi connectivity index (χ0v) is 18.2. The van der Waals surface area contributed by atoms with Crippen LogP contribution in [0.25, 0.3) is 5.69 Å². The van der Waals surface area contributed by atoms with Gasteiger partial charge in [0.05, 0.1) is 11.4 Å². The minimum absolute atomic E-state index is 0.130. The summed E-state index contributed by atoms with van der Waals surface area (Å²) in [6.45, 7) is 5.49. The Morgan fingerprint density at radius 3 is 1.94 bits per heavy atom. The molecule has 1 aromatic heterocycles. The molecule has 0 aliphatic rings. The van der Waals surface area contributed by atoms with Crippen LogP contribution in [0.2, 0.25) is 0 Å². The monoisotopic (exact) mass is 422 g/mol. The van der Waals surface area contributed by atoms with Gasteiger partial charge in [0.25, 0.3) is 0 Å². The van der Waals surface area contributed by atoms with Crippen molar-refractivity contribution in [1.82, 2.24) is 9.55 Å². The third-order valence-electron chi connectivity index (χ3n) is 5.25.